The summed E-state index contributed by atoms with van der Waals surface area (Å²) in [6.07, 6.45) is 0.850. The number of aromatic nitrogens is 1. The highest BCUT2D eigenvalue weighted by atomic mass is 32.1. The van der Waals surface area contributed by atoms with E-state index < -0.39 is 0 Å². The third-order valence-corrected chi connectivity index (χ3v) is 5.58. The lowest BCUT2D eigenvalue weighted by atomic mass is 10.0. The Labute approximate surface area is 176 Å². The SMILES string of the molecule is Cc1ccc2cc(CN(CCO)C(=S)NCCc3ccccc3)c(=O)[nH]c2c1C. The Bertz CT molecular complexity index is 1050. The molecular weight excluding hydrogens is 382 g/mol. The molecule has 0 atom stereocenters. The summed E-state index contributed by atoms with van der Waals surface area (Å²) in [6.45, 7) is 5.40. The number of hydrogen-bond donors (Lipinski definition) is 3. The second-order valence-electron chi connectivity index (χ2n) is 7.21. The molecule has 3 rings (SSSR count). The predicted molar refractivity (Wildman–Crippen MR) is 122 cm³/mol. The number of H-pyrrole nitrogens is 1. The average Bonchev–Trinajstić information content (AvgIpc) is 2.72. The number of pyridine rings is 1. The molecule has 0 spiro atoms. The van der Waals surface area contributed by atoms with Crippen molar-refractivity contribution in [3.63, 3.8) is 0 Å². The first-order chi connectivity index (χ1) is 14.0. The van der Waals surface area contributed by atoms with Crippen LogP contribution in [0.3, 0.4) is 0 Å². The van der Waals surface area contributed by atoms with Gasteiger partial charge in [0.15, 0.2) is 5.11 Å². The Hall–Kier alpha value is -2.70. The molecule has 0 radical (unpaired) electrons. The second-order valence-corrected chi connectivity index (χ2v) is 7.59. The molecule has 0 saturated carbocycles. The van der Waals surface area contributed by atoms with Crippen LogP contribution in [0, 0.1) is 13.8 Å². The predicted octanol–water partition coefficient (Wildman–Crippen LogP) is 3.06. The largest absolute Gasteiger partial charge is 0.395 e. The number of aliphatic hydroxyl groups excluding tert-OH is 1. The maximum absolute atomic E-state index is 12.6. The zero-order chi connectivity index (χ0) is 20.8. The van der Waals surface area contributed by atoms with Gasteiger partial charge in [-0.1, -0.05) is 42.5 Å². The standard InChI is InChI=1S/C23H27N3O2S/c1-16-8-9-19-14-20(22(28)25-21(19)17(16)2)15-26(12-13-27)23(29)24-11-10-18-6-4-3-5-7-18/h3-9,14,27H,10-13,15H2,1-2H3,(H,24,29)(H,25,28). The van der Waals surface area contributed by atoms with Gasteiger partial charge in [0.1, 0.15) is 0 Å². The summed E-state index contributed by atoms with van der Waals surface area (Å²) in [4.78, 5) is 17.5. The van der Waals surface area contributed by atoms with Crippen molar-refractivity contribution in [1.29, 1.82) is 0 Å². The molecule has 0 fully saturated rings. The first kappa shape index (κ1) is 21.0. The summed E-state index contributed by atoms with van der Waals surface area (Å²) in [5.74, 6) is 0. The van der Waals surface area contributed by atoms with Gasteiger partial charge in [-0.15, -0.1) is 0 Å². The van der Waals surface area contributed by atoms with E-state index in [1.54, 1.807) is 0 Å². The Kier molecular flexibility index (Phi) is 7.01. The Balaban J connectivity index is 1.72. The van der Waals surface area contributed by atoms with Crippen LogP contribution in [0.2, 0.25) is 0 Å². The van der Waals surface area contributed by atoms with E-state index in [1.807, 2.05) is 49.1 Å². The van der Waals surface area contributed by atoms with Gasteiger partial charge in [-0.25, -0.2) is 0 Å². The van der Waals surface area contributed by atoms with Gasteiger partial charge in [-0.3, -0.25) is 4.79 Å². The molecule has 29 heavy (non-hydrogen) atoms. The van der Waals surface area contributed by atoms with Crippen molar-refractivity contribution >= 4 is 28.2 Å². The van der Waals surface area contributed by atoms with Crippen molar-refractivity contribution in [1.82, 2.24) is 15.2 Å². The van der Waals surface area contributed by atoms with Gasteiger partial charge in [0.25, 0.3) is 5.56 Å². The minimum Gasteiger partial charge on any atom is -0.395 e. The highest BCUT2D eigenvalue weighted by molar-refractivity contribution is 7.80. The van der Waals surface area contributed by atoms with Gasteiger partial charge in [0, 0.05) is 18.7 Å². The third kappa shape index (κ3) is 5.22. The average molecular weight is 410 g/mol. The highest BCUT2D eigenvalue weighted by Crippen LogP contribution is 2.19. The van der Waals surface area contributed by atoms with Gasteiger partial charge in [0.05, 0.1) is 18.7 Å². The fourth-order valence-corrected chi connectivity index (χ4v) is 3.59. The minimum absolute atomic E-state index is 0.0374. The molecule has 3 N–H and O–H groups in total. The molecule has 2 aromatic carbocycles. The number of aryl methyl sites for hydroxylation is 2. The van der Waals surface area contributed by atoms with Crippen LogP contribution in [0.4, 0.5) is 0 Å². The number of hydrogen-bond acceptors (Lipinski definition) is 3. The number of thiocarbonyl (C=S) groups is 1. The fourth-order valence-electron chi connectivity index (χ4n) is 3.34. The van der Waals surface area contributed by atoms with Crippen LogP contribution in [-0.4, -0.2) is 39.8 Å². The van der Waals surface area contributed by atoms with Crippen LogP contribution < -0.4 is 10.9 Å². The first-order valence-electron chi connectivity index (χ1n) is 9.79. The number of aromatic amines is 1. The first-order valence-corrected chi connectivity index (χ1v) is 10.2. The molecule has 1 heterocycles. The van der Waals surface area contributed by atoms with Crippen LogP contribution in [0.15, 0.2) is 53.3 Å². The fraction of sp³-hybridized carbons (Fsp3) is 0.304. The quantitative estimate of drug-likeness (QED) is 0.524. The molecule has 0 saturated heterocycles. The van der Waals surface area contributed by atoms with E-state index in [2.05, 4.69) is 28.5 Å². The van der Waals surface area contributed by atoms with Gasteiger partial charge >= 0.3 is 0 Å². The van der Waals surface area contributed by atoms with Gasteiger partial charge < -0.3 is 20.3 Å². The summed E-state index contributed by atoms with van der Waals surface area (Å²) in [5, 5.41) is 14.2. The maximum atomic E-state index is 12.6. The number of nitrogens with zero attached hydrogens (tertiary/aromatic N) is 1. The van der Waals surface area contributed by atoms with Crippen LogP contribution in [-0.2, 0) is 13.0 Å². The Morgan fingerprint density at radius 3 is 2.66 bits per heavy atom. The smallest absolute Gasteiger partial charge is 0.253 e. The van der Waals surface area contributed by atoms with E-state index >= 15 is 0 Å². The van der Waals surface area contributed by atoms with Gasteiger partial charge in [0.2, 0.25) is 0 Å². The van der Waals surface area contributed by atoms with E-state index in [-0.39, 0.29) is 12.2 Å². The highest BCUT2D eigenvalue weighted by Gasteiger charge is 2.13. The minimum atomic E-state index is -0.124. The normalized spacial score (nSPS) is 10.9. The monoisotopic (exact) mass is 409 g/mol. The van der Waals surface area contributed by atoms with E-state index in [0.29, 0.717) is 30.3 Å². The van der Waals surface area contributed by atoms with E-state index in [9.17, 15) is 9.90 Å². The summed E-state index contributed by atoms with van der Waals surface area (Å²) in [7, 11) is 0. The molecule has 0 aliphatic heterocycles. The zero-order valence-electron chi connectivity index (χ0n) is 16.9. The summed E-state index contributed by atoms with van der Waals surface area (Å²) >= 11 is 5.52. The van der Waals surface area contributed by atoms with E-state index in [1.165, 1.54) is 5.56 Å². The van der Waals surface area contributed by atoms with Crippen LogP contribution in [0.1, 0.15) is 22.3 Å². The molecule has 6 heteroatoms. The number of aliphatic hydroxyl groups is 1. The lowest BCUT2D eigenvalue weighted by Gasteiger charge is -2.25. The third-order valence-electron chi connectivity index (χ3n) is 5.18. The van der Waals surface area contributed by atoms with Crippen molar-refractivity contribution in [2.75, 3.05) is 19.7 Å². The van der Waals surface area contributed by atoms with E-state index in [0.717, 1.165) is 28.5 Å². The number of fused-ring (bicyclic) bond motifs is 1. The van der Waals surface area contributed by atoms with Crippen LogP contribution >= 0.6 is 12.2 Å². The summed E-state index contributed by atoms with van der Waals surface area (Å²) in [6, 6.07) is 16.2. The molecule has 0 aliphatic rings. The zero-order valence-corrected chi connectivity index (χ0v) is 17.7. The van der Waals surface area contributed by atoms with Crippen molar-refractivity contribution in [3.8, 4) is 0 Å². The molecular formula is C23H27N3O2S. The van der Waals surface area contributed by atoms with Crippen molar-refractivity contribution in [2.45, 2.75) is 26.8 Å². The summed E-state index contributed by atoms with van der Waals surface area (Å²) in [5.41, 5.74) is 4.83. The maximum Gasteiger partial charge on any atom is 0.253 e. The molecule has 0 bridgehead atoms. The van der Waals surface area contributed by atoms with Gasteiger partial charge in [-0.05, 0) is 60.6 Å². The Morgan fingerprint density at radius 1 is 1.17 bits per heavy atom. The van der Waals surface area contributed by atoms with Crippen molar-refractivity contribution in [3.05, 3.63) is 81.1 Å². The topological polar surface area (TPSA) is 68.4 Å². The van der Waals surface area contributed by atoms with Crippen molar-refractivity contribution < 1.29 is 5.11 Å². The molecule has 3 aromatic rings. The lowest BCUT2D eigenvalue weighted by Crippen LogP contribution is -2.42. The number of benzene rings is 2. The molecule has 152 valence electrons. The molecule has 5 nitrogen and oxygen atoms in total. The molecule has 0 unspecified atom stereocenters. The lowest BCUT2D eigenvalue weighted by molar-refractivity contribution is 0.245. The molecule has 0 aliphatic carbocycles. The number of rotatable bonds is 7. The Morgan fingerprint density at radius 2 is 1.93 bits per heavy atom. The summed E-state index contributed by atoms with van der Waals surface area (Å²) < 4.78 is 0. The van der Waals surface area contributed by atoms with E-state index in [4.69, 9.17) is 12.2 Å². The number of nitrogens with one attached hydrogen (secondary N) is 2. The van der Waals surface area contributed by atoms with Gasteiger partial charge in [-0.2, -0.15) is 0 Å². The molecule has 0 amide bonds. The second kappa shape index (κ2) is 9.67. The molecule has 1 aromatic heterocycles. The van der Waals surface area contributed by atoms with Crippen molar-refractivity contribution in [2.24, 2.45) is 0 Å². The van der Waals surface area contributed by atoms with Crippen LogP contribution in [0.5, 0.6) is 0 Å². The van der Waals surface area contributed by atoms with Crippen LogP contribution in [0.25, 0.3) is 10.9 Å².